The minimum absolute atomic E-state index is 0.352. The van der Waals surface area contributed by atoms with E-state index >= 15 is 0 Å². The first-order valence-electron chi connectivity index (χ1n) is 8.70. The fourth-order valence-corrected chi connectivity index (χ4v) is 2.69. The summed E-state index contributed by atoms with van der Waals surface area (Å²) in [6.07, 6.45) is 0. The van der Waals surface area contributed by atoms with Gasteiger partial charge in [-0.3, -0.25) is 4.79 Å². The molecule has 0 aliphatic rings. The summed E-state index contributed by atoms with van der Waals surface area (Å²) in [5.74, 6) is 1.05. The molecule has 0 atom stereocenters. The van der Waals surface area contributed by atoms with Crippen molar-refractivity contribution in [1.82, 2.24) is 0 Å². The van der Waals surface area contributed by atoms with Crippen molar-refractivity contribution < 1.29 is 14.6 Å². The van der Waals surface area contributed by atoms with Crippen LogP contribution in [0, 0.1) is 0 Å². The van der Waals surface area contributed by atoms with Crippen LogP contribution in [0.1, 0.15) is 5.56 Å². The Morgan fingerprint density at radius 1 is 0.926 bits per heavy atom. The number of nitrogens with one attached hydrogen (secondary N) is 1. The highest BCUT2D eigenvalue weighted by molar-refractivity contribution is 5.94. The predicted molar refractivity (Wildman–Crippen MR) is 107 cm³/mol. The molecular weight excluding hydrogens is 340 g/mol. The van der Waals surface area contributed by atoms with Gasteiger partial charge in [-0.2, -0.15) is 0 Å². The molecule has 3 rings (SSSR count). The van der Waals surface area contributed by atoms with Crippen molar-refractivity contribution >= 4 is 17.3 Å². The molecule has 3 aromatic rings. The van der Waals surface area contributed by atoms with Crippen LogP contribution in [0.3, 0.4) is 0 Å². The molecule has 0 aromatic heterocycles. The van der Waals surface area contributed by atoms with Crippen LogP contribution < -0.4 is 15.0 Å². The molecule has 0 saturated heterocycles. The van der Waals surface area contributed by atoms with Crippen LogP contribution in [0.5, 0.6) is 11.5 Å². The topological polar surface area (TPSA) is 61.8 Å². The number of ether oxygens (including phenoxy) is 1. The Morgan fingerprint density at radius 3 is 2.07 bits per heavy atom. The Hall–Kier alpha value is -3.31. The summed E-state index contributed by atoms with van der Waals surface area (Å²) < 4.78 is 5.84. The zero-order valence-electron chi connectivity index (χ0n) is 15.1. The second kappa shape index (κ2) is 8.87. The lowest BCUT2D eigenvalue weighted by Crippen LogP contribution is -2.32. The number of benzene rings is 3. The van der Waals surface area contributed by atoms with Crippen LogP contribution in [-0.2, 0) is 11.3 Å². The highest BCUT2D eigenvalue weighted by atomic mass is 16.5. The van der Waals surface area contributed by atoms with Gasteiger partial charge >= 0.3 is 0 Å². The predicted octanol–water partition coefficient (Wildman–Crippen LogP) is 4.05. The van der Waals surface area contributed by atoms with Crippen molar-refractivity contribution in [2.75, 3.05) is 23.9 Å². The van der Waals surface area contributed by atoms with Gasteiger partial charge in [0.05, 0.1) is 6.54 Å². The summed E-state index contributed by atoms with van der Waals surface area (Å²) in [6.45, 7) is -0.144. The molecule has 0 radical (unpaired) electrons. The lowest BCUT2D eigenvalue weighted by molar-refractivity contribution is -0.121. The first kappa shape index (κ1) is 18.5. The fourth-order valence-electron chi connectivity index (χ4n) is 2.69. The van der Waals surface area contributed by atoms with Crippen molar-refractivity contribution in [2.24, 2.45) is 0 Å². The first-order chi connectivity index (χ1) is 13.2. The van der Waals surface area contributed by atoms with Gasteiger partial charge in [0.25, 0.3) is 5.91 Å². The molecule has 5 nitrogen and oxygen atoms in total. The van der Waals surface area contributed by atoms with E-state index in [-0.39, 0.29) is 5.91 Å². The molecule has 5 heteroatoms. The maximum atomic E-state index is 12.2. The second-order valence-electron chi connectivity index (χ2n) is 5.99. The molecule has 0 aliphatic heterocycles. The van der Waals surface area contributed by atoms with Crippen molar-refractivity contribution in [3.8, 4) is 11.5 Å². The molecule has 2 N–H and O–H groups in total. The van der Waals surface area contributed by atoms with Gasteiger partial charge in [0.2, 0.25) is 0 Å². The SMILES string of the molecule is CNc1ccc(Oc2ccc(N(Cc3ccccc3)C(=O)CO)cc2)cc1. The first-order valence-corrected chi connectivity index (χ1v) is 8.70. The van der Waals surface area contributed by atoms with E-state index in [1.807, 2.05) is 85.9 Å². The van der Waals surface area contributed by atoms with E-state index in [0.717, 1.165) is 17.0 Å². The van der Waals surface area contributed by atoms with Crippen molar-refractivity contribution in [3.05, 3.63) is 84.4 Å². The zero-order valence-corrected chi connectivity index (χ0v) is 15.1. The smallest absolute Gasteiger partial charge is 0.252 e. The Labute approximate surface area is 158 Å². The number of nitrogens with zero attached hydrogens (tertiary/aromatic N) is 1. The third-order valence-corrected chi connectivity index (χ3v) is 4.15. The molecule has 27 heavy (non-hydrogen) atoms. The lowest BCUT2D eigenvalue weighted by atomic mass is 10.2. The van der Waals surface area contributed by atoms with Gasteiger partial charge in [-0.1, -0.05) is 30.3 Å². The Morgan fingerprint density at radius 2 is 1.52 bits per heavy atom. The third kappa shape index (κ3) is 4.86. The number of carbonyl (C=O) groups is 1. The minimum atomic E-state index is -0.539. The number of aliphatic hydroxyl groups excluding tert-OH is 1. The van der Waals surface area contributed by atoms with E-state index in [2.05, 4.69) is 5.32 Å². The summed E-state index contributed by atoms with van der Waals surface area (Å²) >= 11 is 0. The average Bonchev–Trinajstić information content (AvgIpc) is 2.73. The van der Waals surface area contributed by atoms with Crippen molar-refractivity contribution in [3.63, 3.8) is 0 Å². The summed E-state index contributed by atoms with van der Waals surface area (Å²) in [6, 6.07) is 24.6. The quantitative estimate of drug-likeness (QED) is 0.666. The minimum Gasteiger partial charge on any atom is -0.457 e. The molecule has 0 spiro atoms. The van der Waals surface area contributed by atoms with Crippen molar-refractivity contribution in [2.45, 2.75) is 6.54 Å². The molecule has 0 aliphatic carbocycles. The zero-order chi connectivity index (χ0) is 19.1. The molecule has 0 heterocycles. The van der Waals surface area contributed by atoms with Gasteiger partial charge in [-0.05, 0) is 54.1 Å². The summed E-state index contributed by atoms with van der Waals surface area (Å²) in [4.78, 5) is 13.7. The van der Waals surface area contributed by atoms with Gasteiger partial charge in [-0.25, -0.2) is 0 Å². The number of carbonyl (C=O) groups excluding carboxylic acids is 1. The molecule has 3 aromatic carbocycles. The lowest BCUT2D eigenvalue weighted by Gasteiger charge is -2.22. The monoisotopic (exact) mass is 362 g/mol. The Kier molecular flexibility index (Phi) is 6.07. The van der Waals surface area contributed by atoms with E-state index in [1.165, 1.54) is 0 Å². The number of amides is 1. The summed E-state index contributed by atoms with van der Waals surface area (Å²) in [5.41, 5.74) is 2.71. The van der Waals surface area contributed by atoms with Crippen LogP contribution in [0.25, 0.3) is 0 Å². The molecule has 0 bridgehead atoms. The summed E-state index contributed by atoms with van der Waals surface area (Å²) in [5, 5.41) is 12.4. The second-order valence-corrected chi connectivity index (χ2v) is 5.99. The van der Waals surface area contributed by atoms with E-state index in [4.69, 9.17) is 4.74 Å². The van der Waals surface area contributed by atoms with Gasteiger partial charge < -0.3 is 20.1 Å². The largest absolute Gasteiger partial charge is 0.457 e. The Bertz CT molecular complexity index is 862. The van der Waals surface area contributed by atoms with E-state index in [0.29, 0.717) is 18.0 Å². The maximum Gasteiger partial charge on any atom is 0.252 e. The van der Waals surface area contributed by atoms with Crippen LogP contribution >= 0.6 is 0 Å². The maximum absolute atomic E-state index is 12.2. The summed E-state index contributed by atoms with van der Waals surface area (Å²) in [7, 11) is 1.86. The Balaban J connectivity index is 1.75. The molecule has 138 valence electrons. The number of aliphatic hydroxyl groups is 1. The van der Waals surface area contributed by atoms with Crippen LogP contribution in [0.2, 0.25) is 0 Å². The highest BCUT2D eigenvalue weighted by Crippen LogP contribution is 2.26. The fraction of sp³-hybridized carbons (Fsp3) is 0.136. The molecule has 0 fully saturated rings. The van der Waals surface area contributed by atoms with E-state index in [9.17, 15) is 9.90 Å². The number of hydrogen-bond acceptors (Lipinski definition) is 4. The van der Waals surface area contributed by atoms with Gasteiger partial charge in [0.1, 0.15) is 18.1 Å². The normalized spacial score (nSPS) is 10.3. The van der Waals surface area contributed by atoms with Gasteiger partial charge in [0, 0.05) is 18.4 Å². The molecule has 0 unspecified atom stereocenters. The van der Waals surface area contributed by atoms with Crippen molar-refractivity contribution in [1.29, 1.82) is 0 Å². The number of rotatable bonds is 7. The number of anilines is 2. The molecular formula is C22H22N2O3. The van der Waals surface area contributed by atoms with E-state index < -0.39 is 6.61 Å². The molecule has 0 saturated carbocycles. The standard InChI is InChI=1S/C22H22N2O3/c1-23-18-7-11-20(12-8-18)27-21-13-9-19(10-14-21)24(22(26)16-25)15-17-5-3-2-4-6-17/h2-14,23,25H,15-16H2,1H3. The van der Waals surface area contributed by atoms with E-state index in [1.54, 1.807) is 4.90 Å². The van der Waals surface area contributed by atoms with Crippen LogP contribution in [0.15, 0.2) is 78.9 Å². The third-order valence-electron chi connectivity index (χ3n) is 4.15. The average molecular weight is 362 g/mol. The van der Waals surface area contributed by atoms with Crippen LogP contribution in [0.4, 0.5) is 11.4 Å². The number of hydrogen-bond donors (Lipinski definition) is 2. The van der Waals surface area contributed by atoms with Gasteiger partial charge in [0.15, 0.2) is 0 Å². The highest BCUT2D eigenvalue weighted by Gasteiger charge is 2.15. The molecule has 1 amide bonds. The van der Waals surface area contributed by atoms with Crippen LogP contribution in [-0.4, -0.2) is 24.7 Å². The van der Waals surface area contributed by atoms with Gasteiger partial charge in [-0.15, -0.1) is 0 Å².